The van der Waals surface area contributed by atoms with E-state index in [9.17, 15) is 4.39 Å². The molecule has 1 saturated heterocycles. The molecule has 0 radical (unpaired) electrons. The van der Waals surface area contributed by atoms with Crippen LogP contribution in [0.25, 0.3) is 27.7 Å². The van der Waals surface area contributed by atoms with Crippen LogP contribution in [0.1, 0.15) is 0 Å². The van der Waals surface area contributed by atoms with Gasteiger partial charge in [-0.1, -0.05) is 0 Å². The summed E-state index contributed by atoms with van der Waals surface area (Å²) in [7, 11) is 1.83. The Morgan fingerprint density at radius 2 is 2.00 bits per heavy atom. The zero-order chi connectivity index (χ0) is 21.7. The van der Waals surface area contributed by atoms with Crippen LogP contribution in [-0.2, 0) is 11.8 Å². The fraction of sp³-hybridized carbons (Fsp3) is 0.182. The molecule has 6 rings (SSSR count). The number of rotatable bonds is 5. The highest BCUT2D eigenvalue weighted by Gasteiger charge is 2.18. The van der Waals surface area contributed by atoms with Gasteiger partial charge in [0, 0.05) is 40.8 Å². The Balaban J connectivity index is 1.34. The van der Waals surface area contributed by atoms with Crippen LogP contribution >= 0.6 is 11.8 Å². The minimum absolute atomic E-state index is 0.191. The predicted molar refractivity (Wildman–Crippen MR) is 119 cm³/mol. The van der Waals surface area contributed by atoms with Gasteiger partial charge in [0.2, 0.25) is 5.16 Å². The predicted octanol–water partition coefficient (Wildman–Crippen LogP) is 3.78. The summed E-state index contributed by atoms with van der Waals surface area (Å²) in [5, 5.41) is 17.4. The zero-order valence-corrected chi connectivity index (χ0v) is 17.9. The third-order valence-electron chi connectivity index (χ3n) is 5.34. The molecule has 4 aromatic heterocycles. The number of aryl methyl sites for hydroxylation is 1. The molecule has 1 N–H and O–H groups in total. The number of nitrogens with zero attached hydrogens (tertiary/aromatic N) is 6. The minimum Gasteiger partial charge on any atom is -0.377 e. The number of aromatic nitrogens is 6. The van der Waals surface area contributed by atoms with E-state index in [1.54, 1.807) is 15.3 Å². The van der Waals surface area contributed by atoms with Crippen molar-refractivity contribution in [1.29, 1.82) is 0 Å². The molecule has 1 aromatic carbocycles. The molecular weight excluding hydrogens is 429 g/mol. The summed E-state index contributed by atoms with van der Waals surface area (Å²) in [6.07, 6.45) is 7.22. The van der Waals surface area contributed by atoms with Gasteiger partial charge in [0.25, 0.3) is 0 Å². The van der Waals surface area contributed by atoms with Crippen LogP contribution in [0.15, 0.2) is 65.2 Å². The second-order valence-electron chi connectivity index (χ2n) is 7.71. The van der Waals surface area contributed by atoms with Gasteiger partial charge in [-0.05, 0) is 42.1 Å². The highest BCUT2D eigenvalue weighted by atomic mass is 32.2. The van der Waals surface area contributed by atoms with Crippen LogP contribution in [0, 0.1) is 5.82 Å². The summed E-state index contributed by atoms with van der Waals surface area (Å²) < 4.78 is 23.3. The van der Waals surface area contributed by atoms with E-state index in [4.69, 9.17) is 4.74 Å². The molecule has 5 heterocycles. The maximum atomic E-state index is 14.7. The third-order valence-corrected chi connectivity index (χ3v) is 6.29. The molecule has 160 valence electrons. The number of halogens is 1. The summed E-state index contributed by atoms with van der Waals surface area (Å²) in [5.74, 6) is -0.427. The van der Waals surface area contributed by atoms with Crippen LogP contribution < -0.4 is 5.32 Å². The molecule has 0 amide bonds. The molecule has 0 atom stereocenters. The molecule has 0 saturated carbocycles. The first-order valence-electron chi connectivity index (χ1n) is 10.1. The summed E-state index contributed by atoms with van der Waals surface area (Å²) in [4.78, 5) is 5.50. The summed E-state index contributed by atoms with van der Waals surface area (Å²) in [5.41, 5.74) is 3.59. The van der Waals surface area contributed by atoms with Gasteiger partial charge in [0.05, 0.1) is 42.9 Å². The minimum atomic E-state index is -0.427. The van der Waals surface area contributed by atoms with Gasteiger partial charge in [0.15, 0.2) is 11.5 Å². The van der Waals surface area contributed by atoms with E-state index in [0.717, 1.165) is 27.0 Å². The first-order chi connectivity index (χ1) is 15.6. The summed E-state index contributed by atoms with van der Waals surface area (Å²) in [6.45, 7) is 1.43. The Morgan fingerprint density at radius 3 is 2.78 bits per heavy atom. The van der Waals surface area contributed by atoms with Gasteiger partial charge in [-0.3, -0.25) is 14.1 Å². The number of pyridine rings is 2. The second kappa shape index (κ2) is 7.57. The van der Waals surface area contributed by atoms with Gasteiger partial charge in [-0.15, -0.1) is 10.2 Å². The highest BCUT2D eigenvalue weighted by Crippen LogP contribution is 2.31. The van der Waals surface area contributed by atoms with Gasteiger partial charge in [-0.2, -0.15) is 5.10 Å². The largest absolute Gasteiger partial charge is 0.377 e. The van der Waals surface area contributed by atoms with E-state index in [-0.39, 0.29) is 5.65 Å². The van der Waals surface area contributed by atoms with Crippen molar-refractivity contribution >= 4 is 34.0 Å². The van der Waals surface area contributed by atoms with Crippen molar-refractivity contribution < 1.29 is 9.13 Å². The molecule has 0 unspecified atom stereocenters. The van der Waals surface area contributed by atoms with E-state index in [2.05, 4.69) is 37.7 Å². The quantitative estimate of drug-likeness (QED) is 0.439. The Bertz CT molecular complexity index is 1460. The van der Waals surface area contributed by atoms with Crippen LogP contribution in [0.4, 0.5) is 10.1 Å². The second-order valence-corrected chi connectivity index (χ2v) is 8.76. The average molecular weight is 447 g/mol. The molecule has 0 bridgehead atoms. The van der Waals surface area contributed by atoms with E-state index >= 15 is 0 Å². The molecule has 1 aliphatic heterocycles. The Labute approximate surface area is 186 Å². The standard InChI is InChI=1S/C22H18FN7OS/c1-29-9-15(7-25-29)14-6-19(23)21-27-28-22(30(21)10-14)32-18-2-3-20-13(5-18)4-16(8-24-20)26-17-11-31-12-17/h2-10,17,26H,11-12H2,1H3. The van der Waals surface area contributed by atoms with E-state index < -0.39 is 5.82 Å². The van der Waals surface area contributed by atoms with Gasteiger partial charge in [-0.25, -0.2) is 4.39 Å². The van der Waals surface area contributed by atoms with E-state index in [0.29, 0.717) is 30.0 Å². The van der Waals surface area contributed by atoms with Crippen molar-refractivity contribution in [2.24, 2.45) is 7.05 Å². The number of nitrogens with one attached hydrogen (secondary N) is 1. The van der Waals surface area contributed by atoms with Gasteiger partial charge in [0.1, 0.15) is 0 Å². The number of fused-ring (bicyclic) bond motifs is 2. The first-order valence-corrected chi connectivity index (χ1v) is 10.9. The molecule has 1 aliphatic rings. The summed E-state index contributed by atoms with van der Waals surface area (Å²) >= 11 is 1.43. The monoisotopic (exact) mass is 447 g/mol. The molecule has 32 heavy (non-hydrogen) atoms. The molecule has 1 fully saturated rings. The van der Waals surface area contributed by atoms with E-state index in [1.807, 2.05) is 37.8 Å². The Morgan fingerprint density at radius 1 is 1.09 bits per heavy atom. The normalized spacial score (nSPS) is 14.2. The molecule has 10 heteroatoms. The van der Waals surface area contributed by atoms with E-state index in [1.165, 1.54) is 17.8 Å². The lowest BCUT2D eigenvalue weighted by Gasteiger charge is -2.27. The maximum Gasteiger partial charge on any atom is 0.200 e. The van der Waals surface area contributed by atoms with Crippen molar-refractivity contribution in [2.75, 3.05) is 18.5 Å². The lowest BCUT2D eigenvalue weighted by molar-refractivity contribution is 0.0211. The highest BCUT2D eigenvalue weighted by molar-refractivity contribution is 7.99. The molecular formula is C22H18FN7OS. The summed E-state index contributed by atoms with van der Waals surface area (Å²) in [6, 6.07) is 9.87. The number of benzene rings is 1. The van der Waals surface area contributed by atoms with Gasteiger partial charge >= 0.3 is 0 Å². The molecule has 8 nitrogen and oxygen atoms in total. The van der Waals surface area contributed by atoms with Crippen LogP contribution in [0.3, 0.4) is 0 Å². The smallest absolute Gasteiger partial charge is 0.200 e. The number of hydrogen-bond donors (Lipinski definition) is 1. The zero-order valence-electron chi connectivity index (χ0n) is 17.1. The van der Waals surface area contributed by atoms with Crippen molar-refractivity contribution in [2.45, 2.75) is 16.1 Å². The van der Waals surface area contributed by atoms with Crippen LogP contribution in [0.5, 0.6) is 0 Å². The molecule has 0 spiro atoms. The Kier molecular flexibility index (Phi) is 4.54. The number of hydrogen-bond acceptors (Lipinski definition) is 7. The number of ether oxygens (including phenoxy) is 1. The fourth-order valence-electron chi connectivity index (χ4n) is 3.64. The van der Waals surface area contributed by atoms with Crippen molar-refractivity contribution in [3.63, 3.8) is 0 Å². The third kappa shape index (κ3) is 3.47. The van der Waals surface area contributed by atoms with Crippen molar-refractivity contribution in [1.82, 2.24) is 29.4 Å². The molecule has 0 aliphatic carbocycles. The van der Waals surface area contributed by atoms with Crippen LogP contribution in [-0.4, -0.2) is 48.6 Å². The average Bonchev–Trinajstić information content (AvgIpc) is 3.37. The lowest BCUT2D eigenvalue weighted by Crippen LogP contribution is -2.40. The van der Waals surface area contributed by atoms with Crippen molar-refractivity contribution in [3.8, 4) is 11.1 Å². The first kappa shape index (κ1) is 19.2. The van der Waals surface area contributed by atoms with Crippen LogP contribution in [0.2, 0.25) is 0 Å². The molecule has 5 aromatic rings. The number of anilines is 1. The van der Waals surface area contributed by atoms with Gasteiger partial charge < -0.3 is 10.1 Å². The SMILES string of the molecule is Cn1cc(-c2cc(F)c3nnc(Sc4ccc5ncc(NC6COC6)cc5c4)n3c2)cn1. The maximum absolute atomic E-state index is 14.7. The lowest BCUT2D eigenvalue weighted by atomic mass is 10.1. The van der Waals surface area contributed by atoms with Crippen molar-refractivity contribution in [3.05, 3.63) is 60.9 Å². The topological polar surface area (TPSA) is 82.2 Å². The Hall–Kier alpha value is -3.50. The fourth-order valence-corrected chi connectivity index (χ4v) is 4.50.